The molecule has 0 aliphatic carbocycles. The highest BCUT2D eigenvalue weighted by molar-refractivity contribution is 7.47. The Hall–Kier alpha value is -4.02. The van der Waals surface area contributed by atoms with Gasteiger partial charge in [-0.2, -0.15) is 0 Å². The predicted octanol–water partition coefficient (Wildman–Crippen LogP) is 22.8. The topological polar surface area (TPSA) is 237 Å². The van der Waals surface area contributed by atoms with E-state index < -0.39 is 97.5 Å². The van der Waals surface area contributed by atoms with Crippen molar-refractivity contribution in [3.8, 4) is 0 Å². The van der Waals surface area contributed by atoms with Crippen molar-refractivity contribution in [3.05, 3.63) is 97.2 Å². The summed E-state index contributed by atoms with van der Waals surface area (Å²) in [6.45, 7) is 4.74. The van der Waals surface area contributed by atoms with Crippen LogP contribution in [0.4, 0.5) is 0 Å². The predicted molar refractivity (Wildman–Crippen MR) is 409 cm³/mol. The van der Waals surface area contributed by atoms with E-state index in [1.807, 2.05) is 12.2 Å². The maximum absolute atomic E-state index is 13.1. The molecule has 0 amide bonds. The molecule has 0 aromatic carbocycles. The summed E-state index contributed by atoms with van der Waals surface area (Å²) < 4.78 is 68.5. The van der Waals surface area contributed by atoms with Crippen LogP contribution in [-0.2, 0) is 65.4 Å². The van der Waals surface area contributed by atoms with E-state index in [-0.39, 0.29) is 25.7 Å². The molecule has 0 fully saturated rings. The number of aliphatic hydroxyl groups is 1. The quantitative estimate of drug-likeness (QED) is 0.0128. The van der Waals surface area contributed by atoms with Crippen molar-refractivity contribution in [2.75, 3.05) is 39.6 Å². The first-order valence-electron chi connectivity index (χ1n) is 39.5. The fraction of sp³-hybridized carbons (Fsp3) is 0.753. The molecule has 3 N–H and O–H groups in total. The lowest BCUT2D eigenvalue weighted by Gasteiger charge is -2.21. The lowest BCUT2D eigenvalue weighted by molar-refractivity contribution is -0.161. The molecule has 0 heterocycles. The third kappa shape index (κ3) is 72.3. The minimum absolute atomic E-state index is 0.0657. The zero-order chi connectivity index (χ0) is 73.2. The molecule has 578 valence electrons. The highest BCUT2D eigenvalue weighted by atomic mass is 31.2. The summed E-state index contributed by atoms with van der Waals surface area (Å²) in [7, 11) is -9.97. The first kappa shape index (κ1) is 96.0. The number of phosphoric acid groups is 2. The fourth-order valence-electron chi connectivity index (χ4n) is 10.5. The SMILES string of the molecule is CCCCC/C=C\C/C=C\C/C=C\C/C=C\CCCC(=O)OC[C@H](COP(=O)(O)OC[C@@H](O)COP(=O)(O)OC[C@@H](COC(=O)CCCCCCCCCCCCCCC)OC(=O)CCCCCCC/C=C\C/C=C\CCCCC)OC(=O)CCCCCCC/C=C\C=C/CCCCCC. The van der Waals surface area contributed by atoms with Gasteiger partial charge in [-0.05, 0) is 122 Å². The number of aliphatic hydroxyl groups excluding tert-OH is 1. The minimum Gasteiger partial charge on any atom is -0.462 e. The van der Waals surface area contributed by atoms with E-state index in [4.69, 9.17) is 37.0 Å². The molecule has 0 aromatic heterocycles. The first-order valence-corrected chi connectivity index (χ1v) is 42.5. The molecule has 5 atom stereocenters. The van der Waals surface area contributed by atoms with Crippen LogP contribution in [0.25, 0.3) is 0 Å². The van der Waals surface area contributed by atoms with E-state index in [9.17, 15) is 43.2 Å². The standard InChI is InChI=1S/C81H142O17P2/c1-5-9-13-17-21-25-29-33-36-37-40-42-46-50-54-58-62-66-79(84)92-72-77(98-81(86)68-64-60-56-52-48-44-39-35-31-27-23-19-15-11-7-3)74-96-100(89,90)94-70-75(82)69-93-99(87,88)95-73-76(71-91-78(83)65-61-57-53-49-45-41-32-28-24-20-16-12-8-4)97-80(85)67-63-59-55-51-47-43-38-34-30-26-22-18-14-10-6-2/h21-22,25-27,31,33-36,38-40,42,50,54,75-77,82H,5-20,23-24,28-30,32,37,41,43-49,51-53,55-74H2,1-4H3,(H,87,88)(H,89,90)/b25-21-,26-22-,31-27-,36-33-,38-34-,39-35-,42-40-,54-50-/t75-,76+,77+/m0/s1. The molecule has 17 nitrogen and oxygen atoms in total. The minimum atomic E-state index is -4.99. The van der Waals surface area contributed by atoms with Gasteiger partial charge in [-0.15, -0.1) is 0 Å². The van der Waals surface area contributed by atoms with Gasteiger partial charge in [-0.1, -0.05) is 285 Å². The summed E-state index contributed by atoms with van der Waals surface area (Å²) in [5.74, 6) is -2.26. The number of carbonyl (C=O) groups excluding carboxylic acids is 4. The Kier molecular flexibility index (Phi) is 70.4. The van der Waals surface area contributed by atoms with Crippen LogP contribution in [0.5, 0.6) is 0 Å². The second-order valence-corrected chi connectivity index (χ2v) is 29.2. The zero-order valence-corrected chi connectivity index (χ0v) is 64.9. The smallest absolute Gasteiger partial charge is 0.462 e. The molecular weight excluding hydrogens is 1310 g/mol. The van der Waals surface area contributed by atoms with Crippen LogP contribution in [0.2, 0.25) is 0 Å². The third-order valence-electron chi connectivity index (χ3n) is 16.5. The second-order valence-electron chi connectivity index (χ2n) is 26.3. The van der Waals surface area contributed by atoms with Gasteiger partial charge in [0.05, 0.1) is 26.4 Å². The van der Waals surface area contributed by atoms with Crippen LogP contribution in [0.15, 0.2) is 97.2 Å². The van der Waals surface area contributed by atoms with Crippen LogP contribution in [0.3, 0.4) is 0 Å². The molecule has 0 saturated heterocycles. The monoisotopic (exact) mass is 1450 g/mol. The van der Waals surface area contributed by atoms with Gasteiger partial charge < -0.3 is 33.8 Å². The molecule has 0 aliphatic rings. The van der Waals surface area contributed by atoms with Crippen molar-refractivity contribution in [2.24, 2.45) is 0 Å². The maximum Gasteiger partial charge on any atom is 0.472 e. The molecule has 0 bridgehead atoms. The molecule has 100 heavy (non-hydrogen) atoms. The Bertz CT molecular complexity index is 2270. The number of rotatable bonds is 74. The first-order chi connectivity index (χ1) is 48.7. The van der Waals surface area contributed by atoms with Crippen LogP contribution in [0.1, 0.15) is 336 Å². The normalized spacial score (nSPS) is 14.4. The van der Waals surface area contributed by atoms with Crippen molar-refractivity contribution in [1.82, 2.24) is 0 Å². The molecule has 0 aliphatic heterocycles. The van der Waals surface area contributed by atoms with Gasteiger partial charge in [0.15, 0.2) is 12.2 Å². The number of carbonyl (C=O) groups is 4. The zero-order valence-electron chi connectivity index (χ0n) is 63.1. The Morgan fingerprint density at radius 2 is 0.530 bits per heavy atom. The van der Waals surface area contributed by atoms with Gasteiger partial charge >= 0.3 is 39.5 Å². The van der Waals surface area contributed by atoms with Crippen molar-refractivity contribution >= 4 is 39.5 Å². The second kappa shape index (κ2) is 73.3. The van der Waals surface area contributed by atoms with Crippen molar-refractivity contribution in [2.45, 2.75) is 354 Å². The van der Waals surface area contributed by atoms with Crippen molar-refractivity contribution in [1.29, 1.82) is 0 Å². The fourth-order valence-corrected chi connectivity index (χ4v) is 12.0. The average molecular weight is 1450 g/mol. The Morgan fingerprint density at radius 3 is 0.880 bits per heavy atom. The van der Waals surface area contributed by atoms with Crippen LogP contribution >= 0.6 is 15.6 Å². The summed E-state index contributed by atoms with van der Waals surface area (Å²) in [5.41, 5.74) is 0. The van der Waals surface area contributed by atoms with E-state index in [1.54, 1.807) is 0 Å². The van der Waals surface area contributed by atoms with Gasteiger partial charge in [0, 0.05) is 25.7 Å². The number of allylic oxidation sites excluding steroid dienone is 16. The van der Waals surface area contributed by atoms with E-state index in [1.165, 1.54) is 122 Å². The van der Waals surface area contributed by atoms with Crippen LogP contribution in [0, 0.1) is 0 Å². The Balaban J connectivity index is 5.41. The van der Waals surface area contributed by atoms with Crippen molar-refractivity contribution in [3.63, 3.8) is 0 Å². The van der Waals surface area contributed by atoms with Crippen LogP contribution in [-0.4, -0.2) is 96.7 Å². The summed E-state index contributed by atoms with van der Waals surface area (Å²) in [4.78, 5) is 72.9. The molecule has 0 aromatic rings. The summed E-state index contributed by atoms with van der Waals surface area (Å²) in [5, 5.41) is 10.6. The van der Waals surface area contributed by atoms with E-state index >= 15 is 0 Å². The maximum atomic E-state index is 13.1. The van der Waals surface area contributed by atoms with Gasteiger partial charge in [-0.25, -0.2) is 9.13 Å². The van der Waals surface area contributed by atoms with Crippen LogP contribution < -0.4 is 0 Å². The molecule has 0 saturated carbocycles. The number of hydrogen-bond donors (Lipinski definition) is 3. The van der Waals surface area contributed by atoms with E-state index in [0.717, 1.165) is 128 Å². The molecule has 19 heteroatoms. The van der Waals surface area contributed by atoms with E-state index in [2.05, 4.69) is 113 Å². The highest BCUT2D eigenvalue weighted by Gasteiger charge is 2.30. The molecule has 2 unspecified atom stereocenters. The lowest BCUT2D eigenvalue weighted by atomic mass is 10.0. The molecule has 0 radical (unpaired) electrons. The lowest BCUT2D eigenvalue weighted by Crippen LogP contribution is -2.30. The largest absolute Gasteiger partial charge is 0.472 e. The number of esters is 4. The molecule has 0 rings (SSSR count). The number of phosphoric ester groups is 2. The number of unbranched alkanes of at least 4 members (excludes halogenated alkanes) is 33. The summed E-state index contributed by atoms with van der Waals surface area (Å²) in [6, 6.07) is 0. The van der Waals surface area contributed by atoms with Gasteiger partial charge in [-0.3, -0.25) is 37.3 Å². The summed E-state index contributed by atoms with van der Waals surface area (Å²) in [6.07, 6.45) is 76.8. The summed E-state index contributed by atoms with van der Waals surface area (Å²) >= 11 is 0. The average Bonchev–Trinajstić information content (AvgIpc) is 0.945. The molecular formula is C81H142O17P2. The molecule has 0 spiro atoms. The van der Waals surface area contributed by atoms with Gasteiger partial charge in [0.1, 0.15) is 19.3 Å². The van der Waals surface area contributed by atoms with E-state index in [0.29, 0.717) is 32.1 Å². The van der Waals surface area contributed by atoms with Gasteiger partial charge in [0.2, 0.25) is 0 Å². The highest BCUT2D eigenvalue weighted by Crippen LogP contribution is 2.45. The Morgan fingerprint density at radius 1 is 0.290 bits per heavy atom. The van der Waals surface area contributed by atoms with Crippen molar-refractivity contribution < 1.29 is 80.2 Å². The van der Waals surface area contributed by atoms with Gasteiger partial charge in [0.25, 0.3) is 0 Å². The Labute approximate surface area is 607 Å². The third-order valence-corrected chi connectivity index (χ3v) is 18.4. The number of hydrogen-bond acceptors (Lipinski definition) is 15. The number of ether oxygens (including phenoxy) is 4.